The maximum Gasteiger partial charge on any atom is 0.411 e. The molecule has 2 atom stereocenters. The maximum atomic E-state index is 12.4. The maximum absolute atomic E-state index is 12.4. The quantitative estimate of drug-likeness (QED) is 0.905. The first-order valence-electron chi connectivity index (χ1n) is 7.96. The summed E-state index contributed by atoms with van der Waals surface area (Å²) < 4.78 is 5.39. The average Bonchev–Trinajstić information content (AvgIpc) is 2.44. The van der Waals surface area contributed by atoms with E-state index in [-0.39, 0.29) is 5.92 Å². The van der Waals surface area contributed by atoms with Gasteiger partial charge in [-0.1, -0.05) is 29.8 Å². The molecule has 5 nitrogen and oxygen atoms in total. The molecule has 1 heterocycles. The number of benzene rings is 1. The Kier molecular flexibility index (Phi) is 4.97. The van der Waals surface area contributed by atoms with Crippen molar-refractivity contribution in [1.29, 1.82) is 0 Å². The molecule has 23 heavy (non-hydrogen) atoms. The Hall–Kier alpha value is -2.04. The smallest absolute Gasteiger partial charge is 0.411 e. The average molecular weight is 319 g/mol. The predicted molar refractivity (Wildman–Crippen MR) is 87.5 cm³/mol. The second kappa shape index (κ2) is 6.60. The number of likely N-dealkylation sites (tertiary alicyclic amines) is 1. The molecule has 1 aliphatic heterocycles. The van der Waals surface area contributed by atoms with E-state index in [1.807, 2.05) is 25.1 Å². The first kappa shape index (κ1) is 17.3. The van der Waals surface area contributed by atoms with Crippen molar-refractivity contribution in [3.05, 3.63) is 35.4 Å². The van der Waals surface area contributed by atoms with Crippen molar-refractivity contribution in [2.45, 2.75) is 58.1 Å². The van der Waals surface area contributed by atoms with E-state index in [2.05, 4.69) is 6.07 Å². The number of piperidine rings is 1. The summed E-state index contributed by atoms with van der Waals surface area (Å²) in [6.45, 7) is 7.74. The van der Waals surface area contributed by atoms with Crippen LogP contribution < -0.4 is 0 Å². The van der Waals surface area contributed by atoms with Gasteiger partial charge in [-0.2, -0.15) is 0 Å². The van der Waals surface area contributed by atoms with Gasteiger partial charge in [0.2, 0.25) is 0 Å². The van der Waals surface area contributed by atoms with Gasteiger partial charge in [0.15, 0.2) is 0 Å². The zero-order valence-corrected chi connectivity index (χ0v) is 14.2. The van der Waals surface area contributed by atoms with Crippen molar-refractivity contribution in [1.82, 2.24) is 4.90 Å². The Balaban J connectivity index is 2.20. The molecule has 0 aliphatic carbocycles. The summed E-state index contributed by atoms with van der Waals surface area (Å²) in [5.41, 5.74) is 1.66. The van der Waals surface area contributed by atoms with E-state index < -0.39 is 23.7 Å². The van der Waals surface area contributed by atoms with Crippen LogP contribution in [0, 0.1) is 6.92 Å². The van der Waals surface area contributed by atoms with Crippen LogP contribution in [0.15, 0.2) is 24.3 Å². The minimum absolute atomic E-state index is 0.137. The molecule has 5 heteroatoms. The summed E-state index contributed by atoms with van der Waals surface area (Å²) in [4.78, 5) is 25.3. The van der Waals surface area contributed by atoms with Gasteiger partial charge in [0, 0.05) is 12.5 Å². The lowest BCUT2D eigenvalue weighted by atomic mass is 9.87. The number of carboxylic acids is 1. The third kappa shape index (κ3) is 4.47. The minimum atomic E-state index is -0.974. The van der Waals surface area contributed by atoms with Crippen LogP contribution in [0.25, 0.3) is 0 Å². The summed E-state index contributed by atoms with van der Waals surface area (Å²) in [6.07, 6.45) is 0.634. The number of aliphatic carboxylic acids is 1. The Morgan fingerprint density at radius 3 is 2.52 bits per heavy atom. The monoisotopic (exact) mass is 319 g/mol. The molecule has 1 aromatic rings. The molecular weight excluding hydrogens is 294 g/mol. The van der Waals surface area contributed by atoms with Crippen LogP contribution in [0.1, 0.15) is 50.7 Å². The van der Waals surface area contributed by atoms with Gasteiger partial charge < -0.3 is 9.84 Å². The number of carboxylic acid groups (broad SMARTS) is 1. The molecule has 1 aliphatic rings. The first-order valence-corrected chi connectivity index (χ1v) is 7.96. The molecule has 1 amide bonds. The highest BCUT2D eigenvalue weighted by molar-refractivity contribution is 5.80. The van der Waals surface area contributed by atoms with Gasteiger partial charge in [0.25, 0.3) is 0 Å². The number of aryl methyl sites for hydroxylation is 1. The molecule has 0 bridgehead atoms. The Bertz CT molecular complexity index is 591. The van der Waals surface area contributed by atoms with Crippen LogP contribution in [-0.2, 0) is 9.53 Å². The molecule has 1 aromatic carbocycles. The summed E-state index contributed by atoms with van der Waals surface area (Å²) in [5, 5.41) is 9.41. The van der Waals surface area contributed by atoms with E-state index in [4.69, 9.17) is 4.74 Å². The van der Waals surface area contributed by atoms with E-state index in [9.17, 15) is 14.7 Å². The van der Waals surface area contributed by atoms with Gasteiger partial charge in [-0.15, -0.1) is 0 Å². The van der Waals surface area contributed by atoms with Gasteiger partial charge in [0.05, 0.1) is 0 Å². The van der Waals surface area contributed by atoms with Crippen LogP contribution in [-0.4, -0.2) is 40.3 Å². The van der Waals surface area contributed by atoms with Crippen LogP contribution >= 0.6 is 0 Å². The highest BCUT2D eigenvalue weighted by atomic mass is 16.6. The number of ether oxygens (including phenoxy) is 1. The van der Waals surface area contributed by atoms with E-state index in [0.29, 0.717) is 13.0 Å². The van der Waals surface area contributed by atoms with Gasteiger partial charge in [-0.3, -0.25) is 4.90 Å². The largest absolute Gasteiger partial charge is 0.480 e. The summed E-state index contributed by atoms with van der Waals surface area (Å²) in [7, 11) is 0. The van der Waals surface area contributed by atoms with E-state index in [0.717, 1.165) is 17.5 Å². The molecule has 1 N–H and O–H groups in total. The molecule has 126 valence electrons. The number of nitrogens with zero attached hydrogens (tertiary/aromatic N) is 1. The third-order valence-electron chi connectivity index (χ3n) is 4.01. The molecule has 1 saturated heterocycles. The Morgan fingerprint density at radius 1 is 1.26 bits per heavy atom. The van der Waals surface area contributed by atoms with Crippen molar-refractivity contribution in [2.75, 3.05) is 6.54 Å². The predicted octanol–water partition coefficient (Wildman–Crippen LogP) is 3.56. The lowest BCUT2D eigenvalue weighted by Crippen LogP contribution is -2.51. The summed E-state index contributed by atoms with van der Waals surface area (Å²) in [5.74, 6) is -0.837. The zero-order chi connectivity index (χ0) is 17.2. The van der Waals surface area contributed by atoms with Crippen molar-refractivity contribution in [3.8, 4) is 0 Å². The highest BCUT2D eigenvalue weighted by Crippen LogP contribution is 2.31. The molecule has 0 saturated carbocycles. The van der Waals surface area contributed by atoms with Gasteiger partial charge >= 0.3 is 12.1 Å². The summed E-state index contributed by atoms with van der Waals surface area (Å²) in [6, 6.07) is 7.33. The molecule has 2 rings (SSSR count). The lowest BCUT2D eigenvalue weighted by Gasteiger charge is -2.38. The topological polar surface area (TPSA) is 66.8 Å². The molecule has 0 radical (unpaired) electrons. The van der Waals surface area contributed by atoms with Crippen LogP contribution in [0.3, 0.4) is 0 Å². The number of amides is 1. The van der Waals surface area contributed by atoms with Gasteiger partial charge in [0.1, 0.15) is 11.6 Å². The van der Waals surface area contributed by atoms with E-state index in [1.54, 1.807) is 20.8 Å². The Morgan fingerprint density at radius 2 is 1.96 bits per heavy atom. The fourth-order valence-corrected chi connectivity index (χ4v) is 2.95. The fourth-order valence-electron chi connectivity index (χ4n) is 2.95. The number of carbonyl (C=O) groups is 2. The summed E-state index contributed by atoms with van der Waals surface area (Å²) >= 11 is 0. The van der Waals surface area contributed by atoms with Crippen molar-refractivity contribution < 1.29 is 19.4 Å². The van der Waals surface area contributed by atoms with E-state index >= 15 is 0 Å². The van der Waals surface area contributed by atoms with Crippen LogP contribution in [0.4, 0.5) is 4.79 Å². The second-order valence-electron chi connectivity index (χ2n) is 7.18. The Labute approximate surface area is 137 Å². The zero-order valence-electron chi connectivity index (χ0n) is 14.2. The molecule has 1 fully saturated rings. The first-order chi connectivity index (χ1) is 10.7. The third-order valence-corrected chi connectivity index (χ3v) is 4.01. The minimum Gasteiger partial charge on any atom is -0.480 e. The van der Waals surface area contributed by atoms with E-state index in [1.165, 1.54) is 4.90 Å². The van der Waals surface area contributed by atoms with Gasteiger partial charge in [-0.25, -0.2) is 9.59 Å². The number of carbonyl (C=O) groups excluding carboxylic acids is 1. The molecule has 2 unspecified atom stereocenters. The second-order valence-corrected chi connectivity index (χ2v) is 7.18. The molecular formula is C18H25NO4. The van der Waals surface area contributed by atoms with Crippen LogP contribution in [0.5, 0.6) is 0 Å². The van der Waals surface area contributed by atoms with Crippen molar-refractivity contribution in [2.24, 2.45) is 0 Å². The number of hydrogen-bond donors (Lipinski definition) is 1. The number of rotatable bonds is 2. The van der Waals surface area contributed by atoms with Gasteiger partial charge in [-0.05, 0) is 46.1 Å². The standard InChI is InChI=1S/C18H25NO4/c1-12-6-5-7-13(10-12)14-8-9-15(16(20)21)19(11-14)17(22)23-18(2,3)4/h5-7,10,14-15H,8-9,11H2,1-4H3,(H,20,21). The van der Waals surface area contributed by atoms with Crippen LogP contribution in [0.2, 0.25) is 0 Å². The lowest BCUT2D eigenvalue weighted by molar-refractivity contribution is -0.144. The van der Waals surface area contributed by atoms with Crippen molar-refractivity contribution in [3.63, 3.8) is 0 Å². The van der Waals surface area contributed by atoms with Crippen molar-refractivity contribution >= 4 is 12.1 Å². The highest BCUT2D eigenvalue weighted by Gasteiger charge is 2.38. The number of hydrogen-bond acceptors (Lipinski definition) is 3. The molecule has 0 aromatic heterocycles. The fraction of sp³-hybridized carbons (Fsp3) is 0.556. The normalized spacial score (nSPS) is 21.8. The SMILES string of the molecule is Cc1cccc(C2CCC(C(=O)O)N(C(=O)OC(C)(C)C)C2)c1. The molecule has 0 spiro atoms.